The summed E-state index contributed by atoms with van der Waals surface area (Å²) in [7, 11) is 3.38. The average Bonchev–Trinajstić information content (AvgIpc) is 2.53. The van der Waals surface area contributed by atoms with Crippen molar-refractivity contribution in [3.63, 3.8) is 0 Å². The molecule has 3 aromatic carbocycles. The Morgan fingerprint density at radius 1 is 0.700 bits per heavy atom. The van der Waals surface area contributed by atoms with Crippen LogP contribution in [0, 0.1) is 0 Å². The third-order valence-electron chi connectivity index (χ3n) is 3.47. The molecule has 0 bridgehead atoms. The van der Waals surface area contributed by atoms with Crippen molar-refractivity contribution >= 4 is 10.8 Å². The standard InChI is InChI=1S/C18H16O2/c1-19-15-7-3-5-13(11-15)17-8-4-6-14-12-16(20-2)9-10-18(14)17/h3-12H,1-2H3. The summed E-state index contributed by atoms with van der Waals surface area (Å²) in [6, 6.07) is 20.6. The molecule has 3 rings (SSSR count). The molecular formula is C18H16O2. The molecule has 0 aliphatic rings. The van der Waals surface area contributed by atoms with Crippen molar-refractivity contribution in [1.29, 1.82) is 0 Å². The fourth-order valence-corrected chi connectivity index (χ4v) is 2.43. The molecule has 0 aromatic heterocycles. The van der Waals surface area contributed by atoms with Crippen molar-refractivity contribution in [3.8, 4) is 22.6 Å². The third kappa shape index (κ3) is 2.21. The molecule has 2 nitrogen and oxygen atoms in total. The maximum absolute atomic E-state index is 5.30. The van der Waals surface area contributed by atoms with Crippen LogP contribution in [0.3, 0.4) is 0 Å². The molecule has 0 N–H and O–H groups in total. The number of fused-ring (bicyclic) bond motifs is 1. The van der Waals surface area contributed by atoms with E-state index in [0.29, 0.717) is 0 Å². The normalized spacial score (nSPS) is 10.5. The van der Waals surface area contributed by atoms with Gasteiger partial charge in [0.1, 0.15) is 11.5 Å². The van der Waals surface area contributed by atoms with E-state index in [0.717, 1.165) is 17.1 Å². The molecular weight excluding hydrogens is 248 g/mol. The van der Waals surface area contributed by atoms with Gasteiger partial charge in [-0.1, -0.05) is 36.4 Å². The van der Waals surface area contributed by atoms with Crippen LogP contribution in [0.5, 0.6) is 11.5 Å². The van der Waals surface area contributed by atoms with E-state index in [1.54, 1.807) is 14.2 Å². The second-order valence-electron chi connectivity index (χ2n) is 4.62. The van der Waals surface area contributed by atoms with Crippen LogP contribution in [0.25, 0.3) is 21.9 Å². The second kappa shape index (κ2) is 5.25. The summed E-state index contributed by atoms with van der Waals surface area (Å²) in [6.45, 7) is 0. The zero-order valence-corrected chi connectivity index (χ0v) is 11.6. The molecule has 3 aromatic rings. The van der Waals surface area contributed by atoms with Gasteiger partial charge in [0.2, 0.25) is 0 Å². The first kappa shape index (κ1) is 12.5. The lowest BCUT2D eigenvalue weighted by atomic mass is 9.98. The molecule has 0 spiro atoms. The van der Waals surface area contributed by atoms with Crippen LogP contribution >= 0.6 is 0 Å². The number of methoxy groups -OCH3 is 2. The zero-order chi connectivity index (χ0) is 13.9. The van der Waals surface area contributed by atoms with Crippen LogP contribution in [0.4, 0.5) is 0 Å². The smallest absolute Gasteiger partial charge is 0.119 e. The van der Waals surface area contributed by atoms with Gasteiger partial charge in [0.15, 0.2) is 0 Å². The van der Waals surface area contributed by atoms with E-state index in [-0.39, 0.29) is 0 Å². The highest BCUT2D eigenvalue weighted by Crippen LogP contribution is 2.32. The summed E-state index contributed by atoms with van der Waals surface area (Å²) in [5, 5.41) is 2.38. The van der Waals surface area contributed by atoms with E-state index < -0.39 is 0 Å². The Labute approximate surface area is 118 Å². The minimum absolute atomic E-state index is 0.869. The van der Waals surface area contributed by atoms with E-state index in [1.165, 1.54) is 16.3 Å². The Balaban J connectivity index is 2.20. The van der Waals surface area contributed by atoms with Gasteiger partial charge in [-0.05, 0) is 46.2 Å². The lowest BCUT2D eigenvalue weighted by Gasteiger charge is -2.09. The van der Waals surface area contributed by atoms with E-state index in [2.05, 4.69) is 42.5 Å². The van der Waals surface area contributed by atoms with Crippen LogP contribution in [-0.4, -0.2) is 14.2 Å². The van der Waals surface area contributed by atoms with Gasteiger partial charge in [-0.2, -0.15) is 0 Å². The van der Waals surface area contributed by atoms with Crippen molar-refractivity contribution in [2.24, 2.45) is 0 Å². The maximum atomic E-state index is 5.30. The number of benzene rings is 3. The van der Waals surface area contributed by atoms with Crippen LogP contribution in [-0.2, 0) is 0 Å². The Morgan fingerprint density at radius 2 is 1.45 bits per heavy atom. The predicted molar refractivity (Wildman–Crippen MR) is 82.5 cm³/mol. The molecule has 2 heteroatoms. The van der Waals surface area contributed by atoms with Gasteiger partial charge in [0.25, 0.3) is 0 Å². The quantitative estimate of drug-likeness (QED) is 0.692. The first-order valence-electron chi connectivity index (χ1n) is 6.53. The van der Waals surface area contributed by atoms with Crippen LogP contribution < -0.4 is 9.47 Å². The summed E-state index contributed by atoms with van der Waals surface area (Å²) in [5.74, 6) is 1.74. The minimum atomic E-state index is 0.869. The summed E-state index contributed by atoms with van der Waals surface area (Å²) in [6.07, 6.45) is 0. The minimum Gasteiger partial charge on any atom is -0.497 e. The van der Waals surface area contributed by atoms with Crippen LogP contribution in [0.2, 0.25) is 0 Å². The molecule has 0 aliphatic heterocycles. The number of ether oxygens (including phenoxy) is 2. The SMILES string of the molecule is COc1cccc(-c2cccc3cc(OC)ccc23)c1. The Hall–Kier alpha value is -2.48. The fourth-order valence-electron chi connectivity index (χ4n) is 2.43. The number of hydrogen-bond acceptors (Lipinski definition) is 2. The van der Waals surface area contributed by atoms with E-state index >= 15 is 0 Å². The fraction of sp³-hybridized carbons (Fsp3) is 0.111. The number of hydrogen-bond donors (Lipinski definition) is 0. The molecule has 0 aliphatic carbocycles. The Bertz CT molecular complexity index is 747. The second-order valence-corrected chi connectivity index (χ2v) is 4.62. The predicted octanol–water partition coefficient (Wildman–Crippen LogP) is 4.52. The lowest BCUT2D eigenvalue weighted by molar-refractivity contribution is 0.415. The summed E-state index contributed by atoms with van der Waals surface area (Å²) >= 11 is 0. The van der Waals surface area contributed by atoms with Gasteiger partial charge in [-0.3, -0.25) is 0 Å². The molecule has 20 heavy (non-hydrogen) atoms. The molecule has 0 amide bonds. The highest BCUT2D eigenvalue weighted by Gasteiger charge is 2.05. The summed E-state index contributed by atoms with van der Waals surface area (Å²) < 4.78 is 10.6. The average molecular weight is 264 g/mol. The third-order valence-corrected chi connectivity index (χ3v) is 3.47. The van der Waals surface area contributed by atoms with Crippen molar-refractivity contribution in [2.75, 3.05) is 14.2 Å². The van der Waals surface area contributed by atoms with Crippen molar-refractivity contribution in [3.05, 3.63) is 60.7 Å². The molecule has 0 fully saturated rings. The maximum Gasteiger partial charge on any atom is 0.119 e. The largest absolute Gasteiger partial charge is 0.497 e. The Morgan fingerprint density at radius 3 is 2.25 bits per heavy atom. The molecule has 0 atom stereocenters. The highest BCUT2D eigenvalue weighted by molar-refractivity contribution is 5.97. The summed E-state index contributed by atoms with van der Waals surface area (Å²) in [4.78, 5) is 0. The van der Waals surface area contributed by atoms with Gasteiger partial charge >= 0.3 is 0 Å². The zero-order valence-electron chi connectivity index (χ0n) is 11.6. The monoisotopic (exact) mass is 264 g/mol. The molecule has 0 unspecified atom stereocenters. The van der Waals surface area contributed by atoms with Crippen LogP contribution in [0.1, 0.15) is 0 Å². The van der Waals surface area contributed by atoms with E-state index in [9.17, 15) is 0 Å². The molecule has 0 radical (unpaired) electrons. The topological polar surface area (TPSA) is 18.5 Å². The van der Waals surface area contributed by atoms with E-state index in [1.807, 2.05) is 18.2 Å². The molecule has 100 valence electrons. The van der Waals surface area contributed by atoms with Gasteiger partial charge in [0, 0.05) is 0 Å². The molecule has 0 heterocycles. The van der Waals surface area contributed by atoms with Crippen LogP contribution in [0.15, 0.2) is 60.7 Å². The Kier molecular flexibility index (Phi) is 3.30. The molecule has 0 saturated carbocycles. The van der Waals surface area contributed by atoms with Gasteiger partial charge < -0.3 is 9.47 Å². The van der Waals surface area contributed by atoms with Crippen molar-refractivity contribution in [1.82, 2.24) is 0 Å². The van der Waals surface area contributed by atoms with E-state index in [4.69, 9.17) is 9.47 Å². The first-order chi connectivity index (χ1) is 9.81. The summed E-state index contributed by atoms with van der Waals surface area (Å²) in [5.41, 5.74) is 2.35. The lowest BCUT2D eigenvalue weighted by Crippen LogP contribution is -1.86. The number of rotatable bonds is 3. The highest BCUT2D eigenvalue weighted by atomic mass is 16.5. The first-order valence-corrected chi connectivity index (χ1v) is 6.53. The van der Waals surface area contributed by atoms with Gasteiger partial charge in [-0.25, -0.2) is 0 Å². The van der Waals surface area contributed by atoms with Gasteiger partial charge in [0.05, 0.1) is 14.2 Å². The van der Waals surface area contributed by atoms with Crippen molar-refractivity contribution < 1.29 is 9.47 Å². The molecule has 0 saturated heterocycles. The van der Waals surface area contributed by atoms with Crippen molar-refractivity contribution in [2.45, 2.75) is 0 Å². The van der Waals surface area contributed by atoms with Gasteiger partial charge in [-0.15, -0.1) is 0 Å².